The smallest absolute Gasteiger partial charge is 0.220 e. The van der Waals surface area contributed by atoms with Crippen molar-refractivity contribution < 1.29 is 9.53 Å². The third-order valence-electron chi connectivity index (χ3n) is 3.49. The van der Waals surface area contributed by atoms with Gasteiger partial charge >= 0.3 is 0 Å². The van der Waals surface area contributed by atoms with Crippen molar-refractivity contribution in [1.82, 2.24) is 10.6 Å². The second kappa shape index (κ2) is 10.6. The minimum absolute atomic E-state index is 0. The fourth-order valence-corrected chi connectivity index (χ4v) is 2.34. The fourth-order valence-electron chi connectivity index (χ4n) is 2.34. The van der Waals surface area contributed by atoms with Crippen molar-refractivity contribution in [1.29, 1.82) is 0 Å². The Kier molecular flexibility index (Phi) is 10.4. The fraction of sp³-hybridized carbons (Fsp3) is 0.923. The highest BCUT2D eigenvalue weighted by Crippen LogP contribution is 2.22. The number of carbonyl (C=O) groups is 1. The van der Waals surface area contributed by atoms with Gasteiger partial charge in [-0.25, -0.2) is 0 Å². The third kappa shape index (κ3) is 7.19. The summed E-state index contributed by atoms with van der Waals surface area (Å²) in [6.07, 6.45) is 4.04. The molecule has 2 atom stereocenters. The molecule has 5 heteroatoms. The summed E-state index contributed by atoms with van der Waals surface area (Å²) in [6.45, 7) is 5.82. The molecular formula is C13H27ClN2O2. The number of nitrogens with one attached hydrogen (secondary N) is 2. The number of ether oxygens (including phenoxy) is 1. The van der Waals surface area contributed by atoms with Gasteiger partial charge in [-0.15, -0.1) is 12.4 Å². The molecule has 2 unspecified atom stereocenters. The van der Waals surface area contributed by atoms with Crippen molar-refractivity contribution in [3.63, 3.8) is 0 Å². The molecule has 0 aliphatic carbocycles. The molecule has 4 nitrogen and oxygen atoms in total. The highest BCUT2D eigenvalue weighted by molar-refractivity contribution is 5.85. The van der Waals surface area contributed by atoms with E-state index in [1.807, 2.05) is 0 Å². The van der Waals surface area contributed by atoms with Crippen LogP contribution in [-0.2, 0) is 9.53 Å². The first-order valence-electron chi connectivity index (χ1n) is 6.70. The highest BCUT2D eigenvalue weighted by Gasteiger charge is 2.21. The largest absolute Gasteiger partial charge is 0.385 e. The summed E-state index contributed by atoms with van der Waals surface area (Å²) in [6, 6.07) is 0. The Morgan fingerprint density at radius 2 is 2.33 bits per heavy atom. The van der Waals surface area contributed by atoms with Gasteiger partial charge in [0.15, 0.2) is 0 Å². The molecular weight excluding hydrogens is 252 g/mol. The van der Waals surface area contributed by atoms with Crippen LogP contribution in [0.2, 0.25) is 0 Å². The van der Waals surface area contributed by atoms with E-state index in [1.54, 1.807) is 7.11 Å². The molecule has 0 bridgehead atoms. The number of rotatable bonds is 7. The molecule has 1 saturated heterocycles. The van der Waals surface area contributed by atoms with Gasteiger partial charge in [0.1, 0.15) is 0 Å². The van der Waals surface area contributed by atoms with Crippen molar-refractivity contribution in [2.75, 3.05) is 33.4 Å². The topological polar surface area (TPSA) is 50.4 Å². The van der Waals surface area contributed by atoms with Crippen molar-refractivity contribution in [2.45, 2.75) is 32.6 Å². The number of hydrogen-bond acceptors (Lipinski definition) is 3. The van der Waals surface area contributed by atoms with E-state index in [4.69, 9.17) is 4.74 Å². The molecule has 0 aromatic heterocycles. The lowest BCUT2D eigenvalue weighted by Gasteiger charge is -2.28. The van der Waals surface area contributed by atoms with E-state index < -0.39 is 0 Å². The molecule has 0 radical (unpaired) electrons. The molecule has 1 amide bonds. The molecule has 0 aromatic carbocycles. The average molecular weight is 279 g/mol. The summed E-state index contributed by atoms with van der Waals surface area (Å²) in [4.78, 5) is 11.7. The Morgan fingerprint density at radius 3 is 2.94 bits per heavy atom. The number of hydrogen-bond donors (Lipinski definition) is 2. The zero-order valence-electron chi connectivity index (χ0n) is 11.5. The first kappa shape index (κ1) is 17.7. The summed E-state index contributed by atoms with van der Waals surface area (Å²) in [5.74, 6) is 1.32. The van der Waals surface area contributed by atoms with Crippen LogP contribution in [0.25, 0.3) is 0 Å². The van der Waals surface area contributed by atoms with Crippen molar-refractivity contribution in [2.24, 2.45) is 11.8 Å². The van der Waals surface area contributed by atoms with Crippen LogP contribution in [0.5, 0.6) is 0 Å². The van der Waals surface area contributed by atoms with Crippen molar-refractivity contribution >= 4 is 18.3 Å². The zero-order chi connectivity index (χ0) is 12.5. The highest BCUT2D eigenvalue weighted by atomic mass is 35.5. The Balaban J connectivity index is 0.00000289. The molecule has 2 N–H and O–H groups in total. The number of piperidine rings is 1. The van der Waals surface area contributed by atoms with Crippen molar-refractivity contribution in [3.05, 3.63) is 0 Å². The molecule has 1 aliphatic rings. The van der Waals surface area contributed by atoms with Gasteiger partial charge in [-0.1, -0.05) is 6.92 Å². The normalized spacial score (nSPS) is 20.9. The summed E-state index contributed by atoms with van der Waals surface area (Å²) in [5.41, 5.74) is 0. The summed E-state index contributed by atoms with van der Waals surface area (Å²) in [7, 11) is 1.68. The first-order valence-corrected chi connectivity index (χ1v) is 6.70. The van der Waals surface area contributed by atoms with Crippen LogP contribution in [0.1, 0.15) is 32.6 Å². The Labute approximate surface area is 117 Å². The van der Waals surface area contributed by atoms with Gasteiger partial charge in [0.25, 0.3) is 0 Å². The Hall–Kier alpha value is -0.320. The first-order chi connectivity index (χ1) is 8.24. The van der Waals surface area contributed by atoms with Crippen LogP contribution in [-0.4, -0.2) is 39.3 Å². The summed E-state index contributed by atoms with van der Waals surface area (Å²) >= 11 is 0. The minimum atomic E-state index is 0. The van der Waals surface area contributed by atoms with Gasteiger partial charge in [0.2, 0.25) is 5.91 Å². The van der Waals surface area contributed by atoms with E-state index in [1.165, 1.54) is 12.8 Å². The second-order valence-electron chi connectivity index (χ2n) is 4.98. The summed E-state index contributed by atoms with van der Waals surface area (Å²) in [5, 5.41) is 6.35. The van der Waals surface area contributed by atoms with Gasteiger partial charge < -0.3 is 15.4 Å². The average Bonchev–Trinajstić information content (AvgIpc) is 2.36. The van der Waals surface area contributed by atoms with Crippen LogP contribution >= 0.6 is 12.4 Å². The molecule has 18 heavy (non-hydrogen) atoms. The predicted octanol–water partition coefficient (Wildman–Crippen LogP) is 1.59. The van der Waals surface area contributed by atoms with Gasteiger partial charge in [0.05, 0.1) is 0 Å². The molecule has 0 spiro atoms. The monoisotopic (exact) mass is 278 g/mol. The molecule has 1 aliphatic heterocycles. The lowest BCUT2D eigenvalue weighted by Crippen LogP contribution is -2.35. The lowest BCUT2D eigenvalue weighted by molar-refractivity contribution is -0.122. The van der Waals surface area contributed by atoms with Gasteiger partial charge in [-0.3, -0.25) is 4.79 Å². The third-order valence-corrected chi connectivity index (χ3v) is 3.49. The van der Waals surface area contributed by atoms with Crippen LogP contribution in [0.3, 0.4) is 0 Å². The van der Waals surface area contributed by atoms with Crippen LogP contribution in [0.15, 0.2) is 0 Å². The zero-order valence-corrected chi connectivity index (χ0v) is 12.4. The Bertz CT molecular complexity index is 221. The molecule has 0 saturated carbocycles. The lowest BCUT2D eigenvalue weighted by atomic mass is 9.85. The SMILES string of the molecule is COCCCNC(=O)CC(C)C1CCCNC1.Cl. The van der Waals surface area contributed by atoms with E-state index in [2.05, 4.69) is 17.6 Å². The van der Waals surface area contributed by atoms with Gasteiger partial charge in [-0.05, 0) is 44.2 Å². The molecule has 1 heterocycles. The maximum Gasteiger partial charge on any atom is 0.220 e. The van der Waals surface area contributed by atoms with Crippen molar-refractivity contribution in [3.8, 4) is 0 Å². The number of halogens is 1. The maximum absolute atomic E-state index is 11.7. The molecule has 1 fully saturated rings. The number of carbonyl (C=O) groups excluding carboxylic acids is 1. The standard InChI is InChI=1S/C13H26N2O2.ClH/c1-11(12-5-3-6-14-10-12)9-13(16)15-7-4-8-17-2;/h11-12,14H,3-10H2,1-2H3,(H,15,16);1H. The summed E-state index contributed by atoms with van der Waals surface area (Å²) < 4.78 is 4.94. The minimum Gasteiger partial charge on any atom is -0.385 e. The predicted molar refractivity (Wildman–Crippen MR) is 76.1 cm³/mol. The van der Waals surface area contributed by atoms with Crippen LogP contribution < -0.4 is 10.6 Å². The second-order valence-corrected chi connectivity index (χ2v) is 4.98. The molecule has 0 aromatic rings. The van der Waals surface area contributed by atoms with E-state index in [0.717, 1.165) is 26.1 Å². The van der Waals surface area contributed by atoms with E-state index >= 15 is 0 Å². The maximum atomic E-state index is 11.7. The van der Waals surface area contributed by atoms with E-state index in [-0.39, 0.29) is 18.3 Å². The quantitative estimate of drug-likeness (QED) is 0.696. The van der Waals surface area contributed by atoms with Gasteiger partial charge in [-0.2, -0.15) is 0 Å². The van der Waals surface area contributed by atoms with E-state index in [0.29, 0.717) is 24.9 Å². The number of methoxy groups -OCH3 is 1. The Morgan fingerprint density at radius 1 is 1.56 bits per heavy atom. The number of amides is 1. The van der Waals surface area contributed by atoms with E-state index in [9.17, 15) is 4.79 Å². The van der Waals surface area contributed by atoms with Gasteiger partial charge in [0, 0.05) is 26.7 Å². The molecule has 1 rings (SSSR count). The van der Waals surface area contributed by atoms with Crippen LogP contribution in [0.4, 0.5) is 0 Å². The molecule has 108 valence electrons. The van der Waals surface area contributed by atoms with Crippen LogP contribution in [0, 0.1) is 11.8 Å².